The summed E-state index contributed by atoms with van der Waals surface area (Å²) in [4.78, 5) is 5.93. The highest BCUT2D eigenvalue weighted by atomic mass is 32.1. The van der Waals surface area contributed by atoms with Crippen molar-refractivity contribution in [3.63, 3.8) is 0 Å². The zero-order chi connectivity index (χ0) is 14.7. The summed E-state index contributed by atoms with van der Waals surface area (Å²) in [6.07, 6.45) is 3.82. The second-order valence-electron chi connectivity index (χ2n) is 5.02. The predicted octanol–water partition coefficient (Wildman–Crippen LogP) is 3.81. The van der Waals surface area contributed by atoms with Crippen molar-refractivity contribution in [2.24, 2.45) is 0 Å². The lowest BCUT2D eigenvalue weighted by Crippen LogP contribution is -2.33. The van der Waals surface area contributed by atoms with Gasteiger partial charge in [-0.1, -0.05) is 6.07 Å². The van der Waals surface area contributed by atoms with Gasteiger partial charge in [-0.05, 0) is 31.4 Å². The standard InChI is InChI=1S/C15H18N4S2/c1-11(12(2)19-7-4-6-17-19)16-9-13-10-21-15(18-13)14-5-3-8-20-14/h3-8,10-12,16H,9H2,1-2H3/t11-,12-/m1/s1. The van der Waals surface area contributed by atoms with Crippen molar-refractivity contribution in [3.05, 3.63) is 47.0 Å². The Morgan fingerprint density at radius 3 is 2.90 bits per heavy atom. The largest absolute Gasteiger partial charge is 0.306 e. The summed E-state index contributed by atoms with van der Waals surface area (Å²) >= 11 is 3.44. The molecule has 0 aliphatic carbocycles. The van der Waals surface area contributed by atoms with Crippen LogP contribution >= 0.6 is 22.7 Å². The summed E-state index contributed by atoms with van der Waals surface area (Å²) in [5.41, 5.74) is 1.10. The quantitative estimate of drug-likeness (QED) is 0.751. The van der Waals surface area contributed by atoms with E-state index in [-0.39, 0.29) is 0 Å². The Kier molecular flexibility index (Phi) is 4.48. The van der Waals surface area contributed by atoms with E-state index in [9.17, 15) is 0 Å². The molecule has 0 bridgehead atoms. The van der Waals surface area contributed by atoms with Crippen LogP contribution in [0.4, 0.5) is 0 Å². The summed E-state index contributed by atoms with van der Waals surface area (Å²) in [7, 11) is 0. The molecule has 0 aliphatic heterocycles. The average Bonchev–Trinajstić information content (AvgIpc) is 3.25. The average molecular weight is 318 g/mol. The Hall–Kier alpha value is -1.50. The lowest BCUT2D eigenvalue weighted by atomic mass is 10.2. The first-order valence-corrected chi connectivity index (χ1v) is 8.71. The molecule has 6 heteroatoms. The third-order valence-corrected chi connectivity index (χ3v) is 5.48. The molecular formula is C15H18N4S2. The van der Waals surface area contributed by atoms with Crippen molar-refractivity contribution in [1.82, 2.24) is 20.1 Å². The van der Waals surface area contributed by atoms with Gasteiger partial charge in [0, 0.05) is 30.4 Å². The molecule has 2 atom stereocenters. The number of thiophene rings is 1. The molecule has 110 valence electrons. The van der Waals surface area contributed by atoms with Gasteiger partial charge in [0.15, 0.2) is 0 Å². The second-order valence-corrected chi connectivity index (χ2v) is 6.82. The normalized spacial score (nSPS) is 14.2. The Balaban J connectivity index is 1.58. The van der Waals surface area contributed by atoms with Gasteiger partial charge in [0.1, 0.15) is 5.01 Å². The fourth-order valence-corrected chi connectivity index (χ4v) is 3.72. The molecular weight excluding hydrogens is 300 g/mol. The van der Waals surface area contributed by atoms with E-state index in [1.165, 1.54) is 4.88 Å². The van der Waals surface area contributed by atoms with Gasteiger partial charge in [-0.25, -0.2) is 4.98 Å². The minimum atomic E-state index is 0.315. The number of hydrogen-bond donors (Lipinski definition) is 1. The van der Waals surface area contributed by atoms with Gasteiger partial charge in [-0.2, -0.15) is 5.10 Å². The first-order valence-electron chi connectivity index (χ1n) is 6.95. The van der Waals surface area contributed by atoms with Gasteiger partial charge in [0.2, 0.25) is 0 Å². The van der Waals surface area contributed by atoms with Crippen LogP contribution in [0.15, 0.2) is 41.4 Å². The monoisotopic (exact) mass is 318 g/mol. The molecule has 3 aromatic rings. The summed E-state index contributed by atoms with van der Waals surface area (Å²) in [5.74, 6) is 0. The molecule has 0 spiro atoms. The van der Waals surface area contributed by atoms with E-state index >= 15 is 0 Å². The molecule has 3 heterocycles. The minimum absolute atomic E-state index is 0.315. The lowest BCUT2D eigenvalue weighted by Gasteiger charge is -2.21. The molecule has 3 aromatic heterocycles. The fourth-order valence-electron chi connectivity index (χ4n) is 2.09. The van der Waals surface area contributed by atoms with Crippen molar-refractivity contribution in [1.29, 1.82) is 0 Å². The summed E-state index contributed by atoms with van der Waals surface area (Å²) in [5, 5.41) is 13.2. The Bertz CT molecular complexity index is 658. The van der Waals surface area contributed by atoms with Crippen LogP contribution in [0.5, 0.6) is 0 Å². The van der Waals surface area contributed by atoms with Crippen molar-refractivity contribution < 1.29 is 0 Å². The van der Waals surface area contributed by atoms with Crippen LogP contribution in [-0.4, -0.2) is 20.8 Å². The third kappa shape index (κ3) is 3.40. The highest BCUT2D eigenvalue weighted by Crippen LogP contribution is 2.27. The van der Waals surface area contributed by atoms with Crippen LogP contribution in [0.25, 0.3) is 9.88 Å². The molecule has 3 rings (SSSR count). The molecule has 0 saturated carbocycles. The third-order valence-electron chi connectivity index (χ3n) is 3.55. The van der Waals surface area contributed by atoms with E-state index < -0.39 is 0 Å². The number of hydrogen-bond acceptors (Lipinski definition) is 5. The van der Waals surface area contributed by atoms with E-state index in [1.807, 2.05) is 23.1 Å². The van der Waals surface area contributed by atoms with Crippen molar-refractivity contribution >= 4 is 22.7 Å². The fraction of sp³-hybridized carbons (Fsp3) is 0.333. The van der Waals surface area contributed by atoms with Crippen LogP contribution in [-0.2, 0) is 6.54 Å². The van der Waals surface area contributed by atoms with E-state index in [4.69, 9.17) is 4.98 Å². The molecule has 4 nitrogen and oxygen atoms in total. The Morgan fingerprint density at radius 1 is 1.29 bits per heavy atom. The molecule has 0 amide bonds. The van der Waals surface area contributed by atoms with Gasteiger partial charge in [0.25, 0.3) is 0 Å². The maximum absolute atomic E-state index is 4.69. The van der Waals surface area contributed by atoms with Crippen LogP contribution < -0.4 is 5.32 Å². The summed E-state index contributed by atoms with van der Waals surface area (Å²) in [6, 6.07) is 6.78. The maximum Gasteiger partial charge on any atom is 0.133 e. The second kappa shape index (κ2) is 6.51. The molecule has 0 fully saturated rings. The van der Waals surface area contributed by atoms with Gasteiger partial charge in [0.05, 0.1) is 16.6 Å². The van der Waals surface area contributed by atoms with Gasteiger partial charge < -0.3 is 5.32 Å². The minimum Gasteiger partial charge on any atom is -0.306 e. The molecule has 0 saturated heterocycles. The van der Waals surface area contributed by atoms with Gasteiger partial charge in [-0.15, -0.1) is 22.7 Å². The van der Waals surface area contributed by atoms with Crippen LogP contribution in [0.3, 0.4) is 0 Å². The van der Waals surface area contributed by atoms with E-state index in [0.717, 1.165) is 17.2 Å². The van der Waals surface area contributed by atoms with Crippen LogP contribution in [0, 0.1) is 0 Å². The maximum atomic E-state index is 4.69. The van der Waals surface area contributed by atoms with Gasteiger partial charge in [-0.3, -0.25) is 4.68 Å². The van der Waals surface area contributed by atoms with Crippen molar-refractivity contribution in [2.75, 3.05) is 0 Å². The molecule has 1 N–H and O–H groups in total. The van der Waals surface area contributed by atoms with Gasteiger partial charge >= 0.3 is 0 Å². The molecule has 21 heavy (non-hydrogen) atoms. The van der Waals surface area contributed by atoms with E-state index in [2.05, 4.69) is 47.2 Å². The Morgan fingerprint density at radius 2 is 2.19 bits per heavy atom. The zero-order valence-corrected chi connectivity index (χ0v) is 13.7. The molecule has 0 aliphatic rings. The number of nitrogens with one attached hydrogen (secondary N) is 1. The number of rotatable bonds is 6. The first kappa shape index (κ1) is 14.4. The molecule has 0 unspecified atom stereocenters. The van der Waals surface area contributed by atoms with Crippen LogP contribution in [0.1, 0.15) is 25.6 Å². The van der Waals surface area contributed by atoms with Crippen LogP contribution in [0.2, 0.25) is 0 Å². The highest BCUT2D eigenvalue weighted by Gasteiger charge is 2.14. The molecule has 0 aromatic carbocycles. The summed E-state index contributed by atoms with van der Waals surface area (Å²) < 4.78 is 1.98. The first-order chi connectivity index (χ1) is 10.2. The Labute approximate surface area is 132 Å². The number of aromatic nitrogens is 3. The highest BCUT2D eigenvalue weighted by molar-refractivity contribution is 7.20. The van der Waals surface area contributed by atoms with E-state index in [0.29, 0.717) is 12.1 Å². The number of thiazole rings is 1. The predicted molar refractivity (Wildman–Crippen MR) is 88.7 cm³/mol. The smallest absolute Gasteiger partial charge is 0.133 e. The topological polar surface area (TPSA) is 42.7 Å². The zero-order valence-electron chi connectivity index (χ0n) is 12.1. The van der Waals surface area contributed by atoms with Crippen molar-refractivity contribution in [3.8, 4) is 9.88 Å². The number of nitrogens with zero attached hydrogens (tertiary/aromatic N) is 3. The summed E-state index contributed by atoms with van der Waals surface area (Å²) in [6.45, 7) is 5.14. The molecule has 0 radical (unpaired) electrons. The van der Waals surface area contributed by atoms with E-state index in [1.54, 1.807) is 22.7 Å². The SMILES string of the molecule is C[C@H]([C@@H](C)NCc1csc(-c2cccs2)n1)n1cccn1. The van der Waals surface area contributed by atoms with Crippen molar-refractivity contribution in [2.45, 2.75) is 32.5 Å². The lowest BCUT2D eigenvalue weighted by molar-refractivity contribution is 0.364.